The van der Waals surface area contributed by atoms with Gasteiger partial charge in [-0.25, -0.2) is 13.4 Å². The average molecular weight is 606 g/mol. The molecule has 0 radical (unpaired) electrons. The minimum absolute atomic E-state index is 0.0570. The van der Waals surface area contributed by atoms with Crippen molar-refractivity contribution in [3.8, 4) is 28.1 Å². The number of rotatable bonds is 8. The van der Waals surface area contributed by atoms with Gasteiger partial charge in [0.15, 0.2) is 9.84 Å². The number of carbonyl (C=O) groups is 1. The van der Waals surface area contributed by atoms with E-state index in [0.717, 1.165) is 23.5 Å². The van der Waals surface area contributed by atoms with Crippen molar-refractivity contribution in [2.45, 2.75) is 23.9 Å². The van der Waals surface area contributed by atoms with Crippen molar-refractivity contribution in [2.24, 2.45) is 5.73 Å². The first-order chi connectivity index (χ1) is 18.8. The summed E-state index contributed by atoms with van der Waals surface area (Å²) in [6, 6.07) is 16.7. The number of halogens is 4. The molecular weight excluding hydrogens is 587 g/mol. The van der Waals surface area contributed by atoms with Gasteiger partial charge in [-0.2, -0.15) is 18.4 Å². The van der Waals surface area contributed by atoms with Crippen LogP contribution in [0.1, 0.15) is 34.5 Å². The van der Waals surface area contributed by atoms with Crippen LogP contribution in [0.5, 0.6) is 10.8 Å². The molecule has 4 rings (SSSR count). The molecule has 7 nitrogen and oxygen atoms in total. The van der Waals surface area contributed by atoms with Crippen molar-refractivity contribution in [3.63, 3.8) is 0 Å². The average Bonchev–Trinajstić information content (AvgIpc) is 3.32. The number of thiazole rings is 1. The van der Waals surface area contributed by atoms with Crippen LogP contribution < -0.4 is 10.5 Å². The van der Waals surface area contributed by atoms with E-state index >= 15 is 0 Å². The van der Waals surface area contributed by atoms with Gasteiger partial charge in [0, 0.05) is 10.6 Å². The summed E-state index contributed by atoms with van der Waals surface area (Å²) in [5, 5.41) is 9.20. The molecule has 0 unspecified atom stereocenters. The Hall–Kier alpha value is -3.92. The molecule has 40 heavy (non-hydrogen) atoms. The van der Waals surface area contributed by atoms with Crippen molar-refractivity contribution in [1.29, 1.82) is 5.26 Å². The lowest BCUT2D eigenvalue weighted by Crippen LogP contribution is -2.22. The van der Waals surface area contributed by atoms with Gasteiger partial charge in [0.05, 0.1) is 27.8 Å². The van der Waals surface area contributed by atoms with Crippen LogP contribution in [-0.2, 0) is 20.8 Å². The monoisotopic (exact) mass is 605 g/mol. The van der Waals surface area contributed by atoms with Gasteiger partial charge in [-0.3, -0.25) is 4.79 Å². The molecule has 13 heteroatoms. The van der Waals surface area contributed by atoms with Gasteiger partial charge in [0.1, 0.15) is 22.4 Å². The molecule has 2 N–H and O–H groups in total. The second kappa shape index (κ2) is 11.3. The number of benzene rings is 3. The molecule has 3 aromatic carbocycles. The Labute approximate surface area is 236 Å². The summed E-state index contributed by atoms with van der Waals surface area (Å²) in [6.45, 7) is 1.50. The normalized spacial score (nSPS) is 12.5. The fourth-order valence-corrected chi connectivity index (χ4v) is 5.95. The molecule has 1 aromatic heterocycles. The summed E-state index contributed by atoms with van der Waals surface area (Å²) >= 11 is 6.59. The highest BCUT2D eigenvalue weighted by molar-refractivity contribution is 7.91. The third-order valence-electron chi connectivity index (χ3n) is 5.81. The number of sulfone groups is 1. The highest BCUT2D eigenvalue weighted by Crippen LogP contribution is 2.45. The van der Waals surface area contributed by atoms with Crippen LogP contribution in [0.3, 0.4) is 0 Å². The van der Waals surface area contributed by atoms with E-state index < -0.39 is 39.2 Å². The summed E-state index contributed by atoms with van der Waals surface area (Å²) in [7, 11) is -3.50. The van der Waals surface area contributed by atoms with E-state index in [2.05, 4.69) is 4.98 Å². The number of nitrogens with two attached hydrogens (primary N) is 1. The van der Waals surface area contributed by atoms with E-state index in [-0.39, 0.29) is 37.0 Å². The van der Waals surface area contributed by atoms with Crippen LogP contribution in [0.4, 0.5) is 13.2 Å². The Bertz CT molecular complexity index is 1730. The maximum atomic E-state index is 13.8. The summed E-state index contributed by atoms with van der Waals surface area (Å²) < 4.78 is 71.4. The molecule has 0 aliphatic heterocycles. The highest BCUT2D eigenvalue weighted by Gasteiger charge is 2.36. The molecular formula is C27H19ClF3N3O4S2. The van der Waals surface area contributed by atoms with E-state index in [1.165, 1.54) is 49.4 Å². The van der Waals surface area contributed by atoms with Gasteiger partial charge < -0.3 is 10.5 Å². The maximum Gasteiger partial charge on any atom is 0.420 e. The maximum absolute atomic E-state index is 13.8. The molecule has 0 fully saturated rings. The standard InChI is InChI=1S/C27H19ClF3N3O4S2/c1-2-40(36,37)19-9-6-16(7-10-19)22(24(33)35)25-34-23(17-5-3-4-15(12-17)14-32)26(39-25)38-21-11-8-18(28)13-20(21)27(29,30)31/h3-13,22H,2H2,1H3,(H2,33,35)/t22-/m1/s1. The topological polar surface area (TPSA) is 123 Å². The summed E-state index contributed by atoms with van der Waals surface area (Å²) in [6.07, 6.45) is -4.79. The zero-order chi connectivity index (χ0) is 29.2. The number of alkyl halides is 3. The Kier molecular flexibility index (Phi) is 8.20. The second-order valence-electron chi connectivity index (χ2n) is 8.43. The molecule has 0 saturated carbocycles. The van der Waals surface area contributed by atoms with Gasteiger partial charge >= 0.3 is 6.18 Å². The first-order valence-electron chi connectivity index (χ1n) is 11.5. The second-order valence-corrected chi connectivity index (χ2v) is 12.1. The quantitative estimate of drug-likeness (QED) is 0.243. The zero-order valence-electron chi connectivity index (χ0n) is 20.6. The zero-order valence-corrected chi connectivity index (χ0v) is 23.0. The van der Waals surface area contributed by atoms with Gasteiger partial charge in [0.25, 0.3) is 0 Å². The lowest BCUT2D eigenvalue weighted by atomic mass is 9.99. The van der Waals surface area contributed by atoms with Gasteiger partial charge in [-0.1, -0.05) is 54.1 Å². The minimum atomic E-state index is -4.79. The largest absolute Gasteiger partial charge is 0.444 e. The lowest BCUT2D eigenvalue weighted by molar-refractivity contribution is -0.138. The van der Waals surface area contributed by atoms with Crippen molar-refractivity contribution in [3.05, 3.63) is 93.5 Å². The number of primary amides is 1. The molecule has 206 valence electrons. The lowest BCUT2D eigenvalue weighted by Gasteiger charge is -2.14. The molecule has 0 spiro atoms. The predicted octanol–water partition coefficient (Wildman–Crippen LogP) is 6.56. The van der Waals surface area contributed by atoms with E-state index in [4.69, 9.17) is 22.1 Å². The molecule has 0 aliphatic rings. The molecule has 1 atom stereocenters. The number of aromatic nitrogens is 1. The number of amides is 1. The number of ether oxygens (including phenoxy) is 1. The third-order valence-corrected chi connectivity index (χ3v) is 8.80. The van der Waals surface area contributed by atoms with Gasteiger partial charge in [0.2, 0.25) is 11.0 Å². The number of nitrogens with zero attached hydrogens (tertiary/aromatic N) is 2. The minimum Gasteiger partial charge on any atom is -0.444 e. The van der Waals surface area contributed by atoms with E-state index in [9.17, 15) is 31.6 Å². The fraction of sp³-hybridized carbons (Fsp3) is 0.148. The summed E-state index contributed by atoms with van der Waals surface area (Å²) in [5.41, 5.74) is 5.61. The van der Waals surface area contributed by atoms with Crippen LogP contribution in [0.25, 0.3) is 11.3 Å². The third kappa shape index (κ3) is 6.12. The fourth-order valence-electron chi connectivity index (χ4n) is 3.81. The predicted molar refractivity (Wildman–Crippen MR) is 144 cm³/mol. The summed E-state index contributed by atoms with van der Waals surface area (Å²) in [5.74, 6) is -2.67. The van der Waals surface area contributed by atoms with Crippen LogP contribution in [0.15, 0.2) is 71.6 Å². The van der Waals surface area contributed by atoms with Gasteiger partial charge in [-0.05, 0) is 48.0 Å². The number of nitriles is 1. The number of carbonyl (C=O) groups excluding carboxylic acids is 1. The number of hydrogen-bond donors (Lipinski definition) is 1. The van der Waals surface area contributed by atoms with E-state index in [1.54, 1.807) is 12.1 Å². The number of hydrogen-bond acceptors (Lipinski definition) is 7. The smallest absolute Gasteiger partial charge is 0.420 e. The Morgan fingerprint density at radius 2 is 1.85 bits per heavy atom. The van der Waals surface area contributed by atoms with Crippen LogP contribution in [0.2, 0.25) is 5.02 Å². The Morgan fingerprint density at radius 1 is 1.15 bits per heavy atom. The highest BCUT2D eigenvalue weighted by atomic mass is 35.5. The van der Waals surface area contributed by atoms with Crippen molar-refractivity contribution in [2.75, 3.05) is 5.75 Å². The van der Waals surface area contributed by atoms with Gasteiger partial charge in [-0.15, -0.1) is 0 Å². The van der Waals surface area contributed by atoms with Crippen molar-refractivity contribution in [1.82, 2.24) is 4.98 Å². The van der Waals surface area contributed by atoms with Crippen molar-refractivity contribution < 1.29 is 31.1 Å². The molecule has 1 heterocycles. The van der Waals surface area contributed by atoms with E-state index in [1.807, 2.05) is 6.07 Å². The van der Waals surface area contributed by atoms with E-state index in [0.29, 0.717) is 11.1 Å². The molecule has 1 amide bonds. The van der Waals surface area contributed by atoms with Crippen molar-refractivity contribution >= 4 is 38.7 Å². The molecule has 0 saturated heterocycles. The molecule has 4 aromatic rings. The van der Waals surface area contributed by atoms with Crippen LogP contribution >= 0.6 is 22.9 Å². The van der Waals surface area contributed by atoms with Crippen LogP contribution in [0, 0.1) is 11.3 Å². The first-order valence-corrected chi connectivity index (χ1v) is 14.4. The first kappa shape index (κ1) is 29.1. The molecule has 0 bridgehead atoms. The molecule has 0 aliphatic carbocycles. The Morgan fingerprint density at radius 3 is 2.45 bits per heavy atom. The SMILES string of the molecule is CCS(=O)(=O)c1ccc([C@H](C(N)=O)c2nc(-c3cccc(C#N)c3)c(Oc3ccc(Cl)cc3C(F)(F)F)s2)cc1. The van der Waals surface area contributed by atoms with Crippen LogP contribution in [-0.4, -0.2) is 25.1 Å². The summed E-state index contributed by atoms with van der Waals surface area (Å²) in [4.78, 5) is 17.2. The Balaban J connectivity index is 1.87.